The molecule has 3 nitrogen and oxygen atoms in total. The van der Waals surface area contributed by atoms with Crippen LogP contribution < -0.4 is 10.1 Å². The zero-order valence-electron chi connectivity index (χ0n) is 12.7. The number of aryl methyl sites for hydroxylation is 1. The SMILES string of the molecule is CCCNC(c1ccncc1C)c1ccc(OC)cc1F. The van der Waals surface area contributed by atoms with Gasteiger partial charge in [-0.15, -0.1) is 0 Å². The van der Waals surface area contributed by atoms with E-state index in [1.165, 1.54) is 13.2 Å². The van der Waals surface area contributed by atoms with E-state index < -0.39 is 0 Å². The molecule has 1 N–H and O–H groups in total. The van der Waals surface area contributed by atoms with Gasteiger partial charge >= 0.3 is 0 Å². The molecule has 112 valence electrons. The van der Waals surface area contributed by atoms with E-state index in [2.05, 4.69) is 17.2 Å². The van der Waals surface area contributed by atoms with E-state index in [4.69, 9.17) is 4.74 Å². The molecule has 1 aromatic carbocycles. The van der Waals surface area contributed by atoms with Gasteiger partial charge in [-0.2, -0.15) is 0 Å². The van der Waals surface area contributed by atoms with Crippen molar-refractivity contribution >= 4 is 0 Å². The molecular formula is C17H21FN2O. The first-order valence-electron chi connectivity index (χ1n) is 7.14. The number of benzene rings is 1. The summed E-state index contributed by atoms with van der Waals surface area (Å²) in [6.45, 7) is 4.90. The maximum atomic E-state index is 14.4. The van der Waals surface area contributed by atoms with Crippen LogP contribution in [-0.4, -0.2) is 18.6 Å². The Morgan fingerprint density at radius 2 is 2.10 bits per heavy atom. The zero-order chi connectivity index (χ0) is 15.2. The van der Waals surface area contributed by atoms with Crippen molar-refractivity contribution in [3.05, 3.63) is 59.2 Å². The highest BCUT2D eigenvalue weighted by Gasteiger charge is 2.19. The third-order valence-corrected chi connectivity index (χ3v) is 3.49. The zero-order valence-corrected chi connectivity index (χ0v) is 12.7. The van der Waals surface area contributed by atoms with E-state index in [1.807, 2.05) is 13.0 Å². The van der Waals surface area contributed by atoms with Crippen LogP contribution in [0.4, 0.5) is 4.39 Å². The van der Waals surface area contributed by atoms with E-state index in [0.717, 1.165) is 24.1 Å². The summed E-state index contributed by atoms with van der Waals surface area (Å²) in [6.07, 6.45) is 4.53. The average Bonchev–Trinajstić information content (AvgIpc) is 2.50. The van der Waals surface area contributed by atoms with Gasteiger partial charge < -0.3 is 10.1 Å². The smallest absolute Gasteiger partial charge is 0.132 e. The third kappa shape index (κ3) is 3.58. The lowest BCUT2D eigenvalue weighted by Gasteiger charge is -2.22. The van der Waals surface area contributed by atoms with Crippen LogP contribution in [0.3, 0.4) is 0 Å². The van der Waals surface area contributed by atoms with Crippen LogP contribution in [0.2, 0.25) is 0 Å². The van der Waals surface area contributed by atoms with Crippen LogP contribution in [-0.2, 0) is 0 Å². The standard InChI is InChI=1S/C17H21FN2O/c1-4-8-20-17(14-7-9-19-11-12(14)2)15-6-5-13(21-3)10-16(15)18/h5-7,9-11,17,20H,4,8H2,1-3H3. The molecule has 1 heterocycles. The monoisotopic (exact) mass is 288 g/mol. The minimum absolute atomic E-state index is 0.182. The first-order chi connectivity index (χ1) is 10.2. The minimum atomic E-state index is -0.265. The van der Waals surface area contributed by atoms with Crippen LogP contribution >= 0.6 is 0 Å². The van der Waals surface area contributed by atoms with Crippen molar-refractivity contribution < 1.29 is 9.13 Å². The van der Waals surface area contributed by atoms with Crippen molar-refractivity contribution in [2.24, 2.45) is 0 Å². The number of nitrogens with zero attached hydrogens (tertiary/aromatic N) is 1. The molecule has 0 spiro atoms. The van der Waals surface area contributed by atoms with Gasteiger partial charge in [-0.1, -0.05) is 13.0 Å². The molecule has 1 aromatic heterocycles. The van der Waals surface area contributed by atoms with Crippen molar-refractivity contribution in [2.75, 3.05) is 13.7 Å². The van der Waals surface area contributed by atoms with Gasteiger partial charge in [0, 0.05) is 24.0 Å². The molecule has 21 heavy (non-hydrogen) atoms. The Balaban J connectivity index is 2.43. The molecule has 0 fully saturated rings. The Morgan fingerprint density at radius 1 is 1.29 bits per heavy atom. The highest BCUT2D eigenvalue weighted by Crippen LogP contribution is 2.28. The maximum absolute atomic E-state index is 14.4. The molecule has 0 bridgehead atoms. The Morgan fingerprint density at radius 3 is 2.71 bits per heavy atom. The molecular weight excluding hydrogens is 267 g/mol. The first-order valence-corrected chi connectivity index (χ1v) is 7.14. The quantitative estimate of drug-likeness (QED) is 0.881. The lowest BCUT2D eigenvalue weighted by atomic mass is 9.95. The van der Waals surface area contributed by atoms with Crippen LogP contribution in [0, 0.1) is 12.7 Å². The van der Waals surface area contributed by atoms with E-state index in [-0.39, 0.29) is 11.9 Å². The molecule has 0 saturated heterocycles. The second-order valence-corrected chi connectivity index (χ2v) is 5.01. The van der Waals surface area contributed by atoms with Gasteiger partial charge in [0.15, 0.2) is 0 Å². The van der Waals surface area contributed by atoms with Gasteiger partial charge in [0.2, 0.25) is 0 Å². The lowest BCUT2D eigenvalue weighted by Crippen LogP contribution is -2.25. The molecule has 0 amide bonds. The number of pyridine rings is 1. The van der Waals surface area contributed by atoms with Crippen molar-refractivity contribution in [3.63, 3.8) is 0 Å². The van der Waals surface area contributed by atoms with Crippen molar-refractivity contribution in [1.29, 1.82) is 0 Å². The molecule has 2 rings (SSSR count). The minimum Gasteiger partial charge on any atom is -0.497 e. The molecule has 1 atom stereocenters. The Labute approximate surface area is 125 Å². The number of hydrogen-bond donors (Lipinski definition) is 1. The van der Waals surface area contributed by atoms with E-state index in [1.54, 1.807) is 24.5 Å². The molecule has 0 aliphatic heterocycles. The second-order valence-electron chi connectivity index (χ2n) is 5.01. The molecule has 0 aliphatic carbocycles. The molecule has 0 radical (unpaired) electrons. The van der Waals surface area contributed by atoms with Gasteiger partial charge in [-0.3, -0.25) is 4.98 Å². The van der Waals surface area contributed by atoms with Crippen LogP contribution in [0.15, 0.2) is 36.7 Å². The highest BCUT2D eigenvalue weighted by molar-refractivity contribution is 5.38. The van der Waals surface area contributed by atoms with Crippen molar-refractivity contribution in [3.8, 4) is 5.75 Å². The maximum Gasteiger partial charge on any atom is 0.132 e. The van der Waals surface area contributed by atoms with Crippen molar-refractivity contribution in [2.45, 2.75) is 26.3 Å². The van der Waals surface area contributed by atoms with Crippen LogP contribution in [0.5, 0.6) is 5.75 Å². The summed E-state index contributed by atoms with van der Waals surface area (Å²) >= 11 is 0. The van der Waals surface area contributed by atoms with E-state index in [0.29, 0.717) is 11.3 Å². The normalized spacial score (nSPS) is 12.2. The molecule has 0 saturated carbocycles. The second kappa shape index (κ2) is 7.18. The van der Waals surface area contributed by atoms with Gasteiger partial charge in [0.1, 0.15) is 11.6 Å². The molecule has 0 aliphatic rings. The summed E-state index contributed by atoms with van der Waals surface area (Å²) in [7, 11) is 1.54. The van der Waals surface area contributed by atoms with Crippen LogP contribution in [0.25, 0.3) is 0 Å². The third-order valence-electron chi connectivity index (χ3n) is 3.49. The fourth-order valence-electron chi connectivity index (χ4n) is 2.35. The summed E-state index contributed by atoms with van der Waals surface area (Å²) in [5.41, 5.74) is 2.71. The highest BCUT2D eigenvalue weighted by atomic mass is 19.1. The summed E-state index contributed by atoms with van der Waals surface area (Å²) in [4.78, 5) is 4.11. The topological polar surface area (TPSA) is 34.2 Å². The van der Waals surface area contributed by atoms with Gasteiger partial charge in [0.25, 0.3) is 0 Å². The molecule has 1 unspecified atom stereocenters. The Bertz CT molecular complexity index is 601. The average molecular weight is 288 g/mol. The largest absolute Gasteiger partial charge is 0.497 e. The molecule has 2 aromatic rings. The number of rotatable bonds is 6. The number of methoxy groups -OCH3 is 1. The predicted octanol–water partition coefficient (Wildman–Crippen LogP) is 3.63. The summed E-state index contributed by atoms with van der Waals surface area (Å²) in [6, 6.07) is 6.74. The van der Waals surface area contributed by atoms with Gasteiger partial charge in [-0.25, -0.2) is 4.39 Å². The number of aromatic nitrogens is 1. The molecule has 4 heteroatoms. The summed E-state index contributed by atoms with van der Waals surface area (Å²) in [5.74, 6) is 0.260. The predicted molar refractivity (Wildman–Crippen MR) is 82.1 cm³/mol. The number of nitrogens with one attached hydrogen (secondary N) is 1. The fourth-order valence-corrected chi connectivity index (χ4v) is 2.35. The summed E-state index contributed by atoms with van der Waals surface area (Å²) in [5, 5.41) is 3.41. The first kappa shape index (κ1) is 15.4. The summed E-state index contributed by atoms with van der Waals surface area (Å²) < 4.78 is 19.5. The van der Waals surface area contributed by atoms with Gasteiger partial charge in [-0.05, 0) is 43.1 Å². The van der Waals surface area contributed by atoms with E-state index >= 15 is 0 Å². The van der Waals surface area contributed by atoms with E-state index in [9.17, 15) is 4.39 Å². The Hall–Kier alpha value is -1.94. The number of hydrogen-bond acceptors (Lipinski definition) is 3. The lowest BCUT2D eigenvalue weighted by molar-refractivity contribution is 0.410. The van der Waals surface area contributed by atoms with Gasteiger partial charge in [0.05, 0.1) is 13.2 Å². The fraction of sp³-hybridized carbons (Fsp3) is 0.353. The number of halogens is 1. The van der Waals surface area contributed by atoms with Crippen molar-refractivity contribution in [1.82, 2.24) is 10.3 Å². The van der Waals surface area contributed by atoms with Crippen LogP contribution in [0.1, 0.15) is 36.1 Å². The number of ether oxygens (including phenoxy) is 1. The Kier molecular flexibility index (Phi) is 5.28.